The van der Waals surface area contributed by atoms with E-state index in [2.05, 4.69) is 10.5 Å². The smallest absolute Gasteiger partial charge is 0.273 e. The summed E-state index contributed by atoms with van der Waals surface area (Å²) in [5, 5.41) is 15.5. The molecule has 1 amide bonds. The lowest BCUT2D eigenvalue weighted by Crippen LogP contribution is -2.33. The number of nitrogens with one attached hydrogen (secondary N) is 1. The molecular weight excluding hydrogens is 287 g/mol. The van der Waals surface area contributed by atoms with Gasteiger partial charge in [-0.2, -0.15) is 0 Å². The first-order valence-corrected chi connectivity index (χ1v) is 6.99. The van der Waals surface area contributed by atoms with Crippen molar-refractivity contribution in [2.24, 2.45) is 5.92 Å². The Morgan fingerprint density at radius 2 is 2.23 bits per heavy atom. The number of amides is 1. The van der Waals surface area contributed by atoms with Crippen LogP contribution in [0.4, 0.5) is 4.39 Å². The van der Waals surface area contributed by atoms with E-state index in [1.165, 1.54) is 12.1 Å². The van der Waals surface area contributed by atoms with Crippen molar-refractivity contribution in [2.75, 3.05) is 6.61 Å². The number of hydrogen-bond donors (Lipinski definition) is 2. The van der Waals surface area contributed by atoms with Crippen molar-refractivity contribution in [1.29, 1.82) is 0 Å². The zero-order valence-corrected chi connectivity index (χ0v) is 11.7. The van der Waals surface area contributed by atoms with Crippen LogP contribution in [0.5, 0.6) is 0 Å². The van der Waals surface area contributed by atoms with E-state index in [1.54, 1.807) is 18.2 Å². The van der Waals surface area contributed by atoms with Crippen molar-refractivity contribution < 1.29 is 18.8 Å². The minimum Gasteiger partial charge on any atom is -0.396 e. The second kappa shape index (κ2) is 6.11. The lowest BCUT2D eigenvalue weighted by atomic mass is 10.1. The van der Waals surface area contributed by atoms with Crippen LogP contribution < -0.4 is 5.32 Å². The molecule has 1 heterocycles. The summed E-state index contributed by atoms with van der Waals surface area (Å²) in [6, 6.07) is 7.40. The van der Waals surface area contributed by atoms with Crippen LogP contribution >= 0.6 is 0 Å². The molecule has 3 rings (SSSR count). The third-order valence-corrected chi connectivity index (χ3v) is 3.61. The zero-order valence-electron chi connectivity index (χ0n) is 11.7. The summed E-state index contributed by atoms with van der Waals surface area (Å²) in [7, 11) is 0. The summed E-state index contributed by atoms with van der Waals surface area (Å²) in [5.74, 6) is -0.551. The molecule has 22 heavy (non-hydrogen) atoms. The van der Waals surface area contributed by atoms with Gasteiger partial charge in [0.15, 0.2) is 11.5 Å². The molecule has 0 radical (unpaired) electrons. The van der Waals surface area contributed by atoms with Crippen molar-refractivity contribution in [1.82, 2.24) is 10.5 Å². The number of halogens is 1. The van der Waals surface area contributed by atoms with Crippen molar-refractivity contribution >= 4 is 5.91 Å². The summed E-state index contributed by atoms with van der Waals surface area (Å²) in [5.41, 5.74) is 0.356. The fourth-order valence-electron chi connectivity index (χ4n) is 2.43. The van der Waals surface area contributed by atoms with Gasteiger partial charge in [-0.3, -0.25) is 4.79 Å². The van der Waals surface area contributed by atoms with Gasteiger partial charge in [-0.05, 0) is 18.6 Å². The molecule has 5 nitrogen and oxygen atoms in total. The fraction of sp³-hybridized carbons (Fsp3) is 0.250. The van der Waals surface area contributed by atoms with Gasteiger partial charge in [0.1, 0.15) is 5.82 Å². The number of aliphatic hydroxyl groups excluding tert-OH is 1. The molecule has 2 atom stereocenters. The van der Waals surface area contributed by atoms with E-state index < -0.39 is 5.82 Å². The molecule has 1 aromatic carbocycles. The molecule has 114 valence electrons. The van der Waals surface area contributed by atoms with Crippen LogP contribution in [0.15, 0.2) is 47.0 Å². The molecule has 2 N–H and O–H groups in total. The maximum atomic E-state index is 13.7. The minimum atomic E-state index is -0.435. The molecule has 0 fully saturated rings. The Morgan fingerprint density at radius 3 is 2.95 bits per heavy atom. The SMILES string of the molecule is O=C(N[C@@H]1C=C[C@H](CO)C1)c1cc(-c2ccccc2F)on1. The summed E-state index contributed by atoms with van der Waals surface area (Å²) >= 11 is 0. The average Bonchev–Trinajstić information content (AvgIpc) is 3.16. The quantitative estimate of drug-likeness (QED) is 0.849. The van der Waals surface area contributed by atoms with Crippen molar-refractivity contribution in [3.8, 4) is 11.3 Å². The monoisotopic (exact) mass is 302 g/mol. The van der Waals surface area contributed by atoms with Gasteiger partial charge in [0.2, 0.25) is 0 Å². The van der Waals surface area contributed by atoms with Gasteiger partial charge in [0.25, 0.3) is 5.91 Å². The third kappa shape index (κ3) is 2.92. The Morgan fingerprint density at radius 1 is 1.41 bits per heavy atom. The van der Waals surface area contributed by atoms with Crippen LogP contribution in [0.1, 0.15) is 16.9 Å². The summed E-state index contributed by atoms with van der Waals surface area (Å²) in [6.07, 6.45) is 4.37. The van der Waals surface area contributed by atoms with Gasteiger partial charge in [-0.25, -0.2) is 4.39 Å². The predicted molar refractivity (Wildman–Crippen MR) is 77.5 cm³/mol. The van der Waals surface area contributed by atoms with E-state index in [9.17, 15) is 9.18 Å². The van der Waals surface area contributed by atoms with Crippen LogP contribution in [0, 0.1) is 11.7 Å². The van der Waals surface area contributed by atoms with Crippen molar-refractivity contribution in [3.05, 3.63) is 54.0 Å². The molecule has 0 aliphatic heterocycles. The molecule has 0 saturated heterocycles. The number of hydrogen-bond acceptors (Lipinski definition) is 4. The van der Waals surface area contributed by atoms with Gasteiger partial charge < -0.3 is 14.9 Å². The largest absolute Gasteiger partial charge is 0.396 e. The number of nitrogens with zero attached hydrogens (tertiary/aromatic N) is 1. The Kier molecular flexibility index (Phi) is 4.02. The van der Waals surface area contributed by atoms with E-state index in [0.29, 0.717) is 6.42 Å². The Labute approximate surface area is 126 Å². The van der Waals surface area contributed by atoms with E-state index in [1.807, 2.05) is 12.2 Å². The maximum Gasteiger partial charge on any atom is 0.273 e. The lowest BCUT2D eigenvalue weighted by Gasteiger charge is -2.11. The van der Waals surface area contributed by atoms with Crippen LogP contribution in [-0.4, -0.2) is 28.8 Å². The first kappa shape index (κ1) is 14.5. The molecule has 1 aromatic heterocycles. The molecule has 0 saturated carbocycles. The number of aliphatic hydroxyl groups is 1. The number of aromatic nitrogens is 1. The number of carbonyl (C=O) groups excluding carboxylic acids is 1. The summed E-state index contributed by atoms with van der Waals surface area (Å²) in [6.45, 7) is 0.0598. The summed E-state index contributed by atoms with van der Waals surface area (Å²) in [4.78, 5) is 12.1. The average molecular weight is 302 g/mol. The van der Waals surface area contributed by atoms with E-state index in [4.69, 9.17) is 9.63 Å². The first-order chi connectivity index (χ1) is 10.7. The van der Waals surface area contributed by atoms with Crippen molar-refractivity contribution in [3.63, 3.8) is 0 Å². The van der Waals surface area contributed by atoms with Crippen LogP contribution in [0.3, 0.4) is 0 Å². The first-order valence-electron chi connectivity index (χ1n) is 6.99. The second-order valence-electron chi connectivity index (χ2n) is 5.20. The van der Waals surface area contributed by atoms with E-state index >= 15 is 0 Å². The van der Waals surface area contributed by atoms with Gasteiger partial charge in [-0.1, -0.05) is 29.4 Å². The number of carbonyl (C=O) groups is 1. The molecule has 0 unspecified atom stereocenters. The summed E-state index contributed by atoms with van der Waals surface area (Å²) < 4.78 is 18.7. The highest BCUT2D eigenvalue weighted by Crippen LogP contribution is 2.23. The lowest BCUT2D eigenvalue weighted by molar-refractivity contribution is 0.0932. The minimum absolute atomic E-state index is 0.0598. The molecular formula is C16H15FN2O3. The molecule has 1 aliphatic rings. The second-order valence-corrected chi connectivity index (χ2v) is 5.20. The third-order valence-electron chi connectivity index (χ3n) is 3.61. The number of benzene rings is 1. The van der Waals surface area contributed by atoms with Gasteiger partial charge in [-0.15, -0.1) is 0 Å². The van der Waals surface area contributed by atoms with Gasteiger partial charge >= 0.3 is 0 Å². The highest BCUT2D eigenvalue weighted by molar-refractivity contribution is 5.93. The van der Waals surface area contributed by atoms with E-state index in [0.717, 1.165) is 0 Å². The van der Waals surface area contributed by atoms with Crippen LogP contribution in [0.25, 0.3) is 11.3 Å². The Bertz CT molecular complexity index is 711. The Balaban J connectivity index is 1.70. The number of rotatable bonds is 4. The maximum absolute atomic E-state index is 13.7. The van der Waals surface area contributed by atoms with Crippen molar-refractivity contribution in [2.45, 2.75) is 12.5 Å². The highest BCUT2D eigenvalue weighted by Gasteiger charge is 2.22. The molecule has 1 aliphatic carbocycles. The van der Waals surface area contributed by atoms with E-state index in [-0.39, 0.29) is 41.5 Å². The molecule has 2 aromatic rings. The van der Waals surface area contributed by atoms with Crippen LogP contribution in [-0.2, 0) is 0 Å². The Hall–Kier alpha value is -2.47. The van der Waals surface area contributed by atoms with Gasteiger partial charge in [0, 0.05) is 24.6 Å². The van der Waals surface area contributed by atoms with Crippen LogP contribution in [0.2, 0.25) is 0 Å². The normalized spacial score (nSPS) is 20.3. The highest BCUT2D eigenvalue weighted by atomic mass is 19.1. The topological polar surface area (TPSA) is 75.4 Å². The fourth-order valence-corrected chi connectivity index (χ4v) is 2.43. The molecule has 0 bridgehead atoms. The molecule has 0 spiro atoms. The van der Waals surface area contributed by atoms with Gasteiger partial charge in [0.05, 0.1) is 5.56 Å². The molecule has 6 heteroatoms. The zero-order chi connectivity index (χ0) is 15.5. The predicted octanol–water partition coefficient (Wildman–Crippen LogP) is 2.15. The standard InChI is InChI=1S/C16H15FN2O3/c17-13-4-2-1-3-12(13)15-8-14(19-22-15)16(21)18-11-6-5-10(7-11)9-20/h1-6,8,10-11,20H,7,9H2,(H,18,21)/t10-,11+/m0/s1.